The number of amides is 3. The van der Waals surface area contributed by atoms with Crippen LogP contribution < -0.4 is 10.1 Å². The molecule has 172 valence electrons. The summed E-state index contributed by atoms with van der Waals surface area (Å²) in [5.41, 5.74) is -5.20. The summed E-state index contributed by atoms with van der Waals surface area (Å²) in [7, 11) is 0. The van der Waals surface area contributed by atoms with E-state index >= 15 is 0 Å². The maximum Gasteiger partial charge on any atom is 0.255 e. The molecular formula is C25H27N3O5. The normalized spacial score (nSPS) is 41.6. The lowest BCUT2D eigenvalue weighted by Gasteiger charge is -2.29. The third-order valence-corrected chi connectivity index (χ3v) is 4.38. The van der Waals surface area contributed by atoms with Gasteiger partial charge in [0.05, 0.1) is 41.5 Å². The molecule has 2 aromatic carbocycles. The number of piperidine rings is 1. The topological polar surface area (TPSA) is 88.2 Å². The number of hydrogen-bond acceptors (Lipinski definition) is 6. The largest absolute Gasteiger partial charge is 0.489 e. The van der Waals surface area contributed by atoms with Crippen LogP contribution in [-0.4, -0.2) is 59.7 Å². The molecule has 1 atom stereocenters. The molecule has 3 heterocycles. The Hall–Kier alpha value is -3.23. The van der Waals surface area contributed by atoms with Crippen LogP contribution in [0.1, 0.15) is 70.0 Å². The van der Waals surface area contributed by atoms with Crippen LogP contribution in [-0.2, 0) is 33.9 Å². The van der Waals surface area contributed by atoms with Gasteiger partial charge in [0.25, 0.3) is 5.91 Å². The van der Waals surface area contributed by atoms with Gasteiger partial charge in [-0.3, -0.25) is 24.6 Å². The maximum absolute atomic E-state index is 13.7. The summed E-state index contributed by atoms with van der Waals surface area (Å²) in [5, 5.41) is 1.79. The minimum atomic E-state index is -4.00. The predicted molar refractivity (Wildman–Crippen MR) is 119 cm³/mol. The zero-order valence-corrected chi connectivity index (χ0v) is 16.3. The second-order valence-corrected chi connectivity index (χ2v) is 6.46. The first-order valence-corrected chi connectivity index (χ1v) is 9.23. The highest BCUT2D eigenvalue weighted by atomic mass is 16.5. The van der Waals surface area contributed by atoms with Crippen LogP contribution in [0, 0.1) is 0 Å². The summed E-state index contributed by atoms with van der Waals surface area (Å²) < 4.78 is 194. The highest BCUT2D eigenvalue weighted by molar-refractivity contribution is 6.05. The Kier molecular flexibility index (Phi) is 2.24. The number of carbonyl (C=O) groups excluding carboxylic acids is 3. The van der Waals surface area contributed by atoms with Crippen molar-refractivity contribution in [2.24, 2.45) is 0 Å². The van der Waals surface area contributed by atoms with Crippen molar-refractivity contribution in [3.05, 3.63) is 64.6 Å². The highest BCUT2D eigenvalue weighted by Gasteiger charge is 2.40. The summed E-state index contributed by atoms with van der Waals surface area (Å²) in [5.74, 6) is -5.23. The molecule has 0 unspecified atom stereocenters. The predicted octanol–water partition coefficient (Wildman–Crippen LogP) is 1.86. The SMILES string of the molecule is [2H]c1c([2H])c(OC([2H])([2H])c2c([2H])c([2H])c(C([2H])([2H])N3C([2H])([2H])C([2H])([2H])OC([2H])([2H])C3([2H])[2H])c([2H])c2[2H])c2c(c1[2H])C(=O)N([C@]1([2H])CCC(=O)NC1=O)C2([2H])[2H]. The zero-order chi connectivity index (χ0) is 42.4. The number of morpholine rings is 1. The van der Waals surface area contributed by atoms with Gasteiger partial charge in [-0.15, -0.1) is 0 Å². The zero-order valence-electron chi connectivity index (χ0n) is 38.3. The van der Waals surface area contributed by atoms with E-state index in [2.05, 4.69) is 4.74 Å². The minimum Gasteiger partial charge on any atom is -0.489 e. The fraction of sp³-hybridized carbons (Fsp3) is 0.400. The van der Waals surface area contributed by atoms with E-state index in [9.17, 15) is 14.4 Å². The molecule has 0 spiro atoms. The fourth-order valence-corrected chi connectivity index (χ4v) is 2.90. The van der Waals surface area contributed by atoms with Crippen LogP contribution in [0.5, 0.6) is 5.75 Å². The van der Waals surface area contributed by atoms with Crippen molar-refractivity contribution >= 4 is 17.7 Å². The Morgan fingerprint density at radius 3 is 2.67 bits per heavy atom. The third kappa shape index (κ3) is 4.62. The lowest BCUT2D eigenvalue weighted by atomic mass is 10.0. The average molecular weight is 472 g/mol. The van der Waals surface area contributed by atoms with Gasteiger partial charge in [-0.05, 0) is 29.6 Å². The molecule has 5 rings (SSSR count). The van der Waals surface area contributed by atoms with E-state index < -0.39 is 157 Å². The van der Waals surface area contributed by atoms with Gasteiger partial charge in [0, 0.05) is 45.3 Å². The summed E-state index contributed by atoms with van der Waals surface area (Å²) in [6.07, 6.45) is -1.30. The van der Waals surface area contributed by atoms with Crippen molar-refractivity contribution in [1.82, 2.24) is 15.1 Å². The van der Waals surface area contributed by atoms with Crippen LogP contribution >= 0.6 is 0 Å². The van der Waals surface area contributed by atoms with E-state index in [0.717, 1.165) is 0 Å². The fourth-order valence-electron chi connectivity index (χ4n) is 2.90. The van der Waals surface area contributed by atoms with Crippen molar-refractivity contribution in [3.8, 4) is 5.75 Å². The van der Waals surface area contributed by atoms with Crippen molar-refractivity contribution in [2.75, 3.05) is 26.1 Å². The number of nitrogens with zero attached hydrogens (tertiary/aromatic N) is 2. The van der Waals surface area contributed by atoms with Crippen molar-refractivity contribution in [1.29, 1.82) is 0 Å². The Morgan fingerprint density at radius 2 is 1.91 bits per heavy atom. The number of ether oxygens (including phenoxy) is 2. The number of benzene rings is 2. The Bertz CT molecular complexity index is 2020. The number of hydrogen-bond donors (Lipinski definition) is 1. The molecule has 2 aromatic rings. The Balaban J connectivity index is 1.69. The number of imide groups is 1. The number of fused-ring (bicyclic) bond motifs is 1. The third-order valence-electron chi connectivity index (χ3n) is 4.38. The van der Waals surface area contributed by atoms with Crippen molar-refractivity contribution < 1.29 is 54.0 Å². The molecule has 8 heteroatoms. The summed E-state index contributed by atoms with van der Waals surface area (Å²) >= 11 is 0. The molecule has 0 radical (unpaired) electrons. The van der Waals surface area contributed by atoms with Crippen LogP contribution in [0.25, 0.3) is 0 Å². The van der Waals surface area contributed by atoms with E-state index in [-0.39, 0.29) is 4.90 Å². The maximum atomic E-state index is 13.7. The van der Waals surface area contributed by atoms with Crippen molar-refractivity contribution in [2.45, 2.75) is 38.4 Å². The molecule has 3 aliphatic rings. The van der Waals surface area contributed by atoms with E-state index in [1.54, 1.807) is 5.32 Å². The lowest BCUT2D eigenvalue weighted by Crippen LogP contribution is -2.52. The number of nitrogens with one attached hydrogen (secondary N) is 1. The molecule has 2 saturated heterocycles. The second-order valence-electron chi connectivity index (χ2n) is 6.46. The van der Waals surface area contributed by atoms with Gasteiger partial charge in [0.1, 0.15) is 18.3 Å². The van der Waals surface area contributed by atoms with Crippen LogP contribution in [0.2, 0.25) is 0 Å². The van der Waals surface area contributed by atoms with E-state index in [1.807, 2.05) is 0 Å². The van der Waals surface area contributed by atoms with Gasteiger partial charge in [0.2, 0.25) is 11.8 Å². The van der Waals surface area contributed by atoms with E-state index in [0.29, 0.717) is 0 Å². The Morgan fingerprint density at radius 1 is 1.15 bits per heavy atom. The van der Waals surface area contributed by atoms with Crippen molar-refractivity contribution in [3.63, 3.8) is 0 Å². The first kappa shape index (κ1) is 7.92. The quantitative estimate of drug-likeness (QED) is 0.647. The molecule has 1 N–H and O–H groups in total. The molecule has 33 heavy (non-hydrogen) atoms. The van der Waals surface area contributed by atoms with Gasteiger partial charge in [0.15, 0.2) is 0 Å². The van der Waals surface area contributed by atoms with Crippen LogP contribution in [0.4, 0.5) is 0 Å². The second kappa shape index (κ2) is 9.33. The molecule has 0 saturated carbocycles. The standard InChI is InChI=1S/C25H27N3O5/c29-23-9-8-21(24(30)26-23)28-15-20-19(25(28)31)2-1-3-22(20)33-16-18-6-4-17(5-7-18)14-27-10-12-32-13-11-27/h1-7,21H,8-16H2,(H,26,29,30)/t21-/m1/s1/i1D,2D,3D,4D,5D,6D,7D,10D2,11D2,12D2,13D2,14D2,15D2,16D2,21D. The minimum absolute atomic E-state index is 0.00599. The molecule has 3 amide bonds. The van der Waals surface area contributed by atoms with Gasteiger partial charge < -0.3 is 14.4 Å². The monoisotopic (exact) mass is 471 g/mol. The van der Waals surface area contributed by atoms with Crippen LogP contribution in [0.15, 0.2) is 42.3 Å². The molecule has 2 fully saturated rings. The van der Waals surface area contributed by atoms with E-state index in [1.165, 1.54) is 0 Å². The average Bonchev–Trinajstić information content (AvgIpc) is 3.22. The van der Waals surface area contributed by atoms with E-state index in [4.69, 9.17) is 34.9 Å². The molecule has 8 nitrogen and oxygen atoms in total. The first-order chi connectivity index (χ1) is 24.6. The molecule has 0 bridgehead atoms. The van der Waals surface area contributed by atoms with Gasteiger partial charge in [-0.1, -0.05) is 30.2 Å². The molecule has 0 aliphatic carbocycles. The summed E-state index contributed by atoms with van der Waals surface area (Å²) in [4.78, 5) is 37.6. The molecule has 3 aliphatic heterocycles. The first-order valence-electron chi connectivity index (χ1n) is 20.2. The Labute approximate surface area is 223 Å². The lowest BCUT2D eigenvalue weighted by molar-refractivity contribution is -0.136. The molecular weight excluding hydrogens is 422 g/mol. The smallest absolute Gasteiger partial charge is 0.255 e. The molecule has 0 aromatic heterocycles. The number of rotatable bonds is 6. The number of carbonyl (C=O) groups is 3. The summed E-state index contributed by atoms with van der Waals surface area (Å²) in [6, 6.07) is -12.6. The van der Waals surface area contributed by atoms with Gasteiger partial charge in [-0.25, -0.2) is 0 Å². The van der Waals surface area contributed by atoms with Crippen LogP contribution in [0.3, 0.4) is 0 Å². The highest BCUT2D eigenvalue weighted by Crippen LogP contribution is 2.34. The van der Waals surface area contributed by atoms with Gasteiger partial charge in [-0.2, -0.15) is 0 Å². The van der Waals surface area contributed by atoms with Gasteiger partial charge >= 0.3 is 0 Å². The summed E-state index contributed by atoms with van der Waals surface area (Å²) in [6.45, 7) is -26.7.